The minimum absolute atomic E-state index is 0.0216. The third-order valence-corrected chi connectivity index (χ3v) is 4.22. The number of aromatic nitrogens is 1. The molecule has 0 spiro atoms. The number of aryl methyl sites for hydroxylation is 1. The van der Waals surface area contributed by atoms with Crippen molar-refractivity contribution in [2.75, 3.05) is 11.9 Å². The van der Waals surface area contributed by atoms with Crippen LogP contribution in [0.5, 0.6) is 0 Å². The topological polar surface area (TPSA) is 54.0 Å². The van der Waals surface area contributed by atoms with E-state index in [1.165, 1.54) is 19.3 Å². The zero-order chi connectivity index (χ0) is 15.2. The molecule has 1 fully saturated rings. The van der Waals surface area contributed by atoms with Crippen LogP contribution in [0.3, 0.4) is 0 Å². The number of carbonyl (C=O) groups is 1. The van der Waals surface area contributed by atoms with Gasteiger partial charge in [-0.1, -0.05) is 19.8 Å². The lowest BCUT2D eigenvalue weighted by atomic mass is 9.80. The fourth-order valence-electron chi connectivity index (χ4n) is 2.72. The maximum atomic E-state index is 12.4. The Bertz CT molecular complexity index is 459. The van der Waals surface area contributed by atoms with E-state index in [1.54, 1.807) is 0 Å². The number of anilines is 1. The fourth-order valence-corrected chi connectivity index (χ4v) is 2.72. The van der Waals surface area contributed by atoms with Crippen LogP contribution in [0.1, 0.15) is 62.5 Å². The molecule has 4 heteroatoms. The number of nitrogens with one attached hydrogen (secondary N) is 2. The van der Waals surface area contributed by atoms with Gasteiger partial charge in [0.15, 0.2) is 0 Å². The van der Waals surface area contributed by atoms with Crippen molar-refractivity contribution in [1.29, 1.82) is 0 Å². The maximum Gasteiger partial charge on any atom is 0.251 e. The van der Waals surface area contributed by atoms with Crippen LogP contribution in [0.15, 0.2) is 12.1 Å². The van der Waals surface area contributed by atoms with Crippen molar-refractivity contribution >= 4 is 11.7 Å². The summed E-state index contributed by atoms with van der Waals surface area (Å²) >= 11 is 0. The standard InChI is InChI=1S/C17H27N3O/c1-4-7-15-10-14(11-16(20-15)18-5-2)17(21)19-12(3)13-8-6-9-13/h10-13H,4-9H2,1-3H3,(H,18,20)(H,19,21). The zero-order valence-electron chi connectivity index (χ0n) is 13.4. The molecule has 1 amide bonds. The molecule has 1 heterocycles. The van der Waals surface area contributed by atoms with Crippen LogP contribution >= 0.6 is 0 Å². The minimum Gasteiger partial charge on any atom is -0.370 e. The molecular formula is C17H27N3O. The van der Waals surface area contributed by atoms with E-state index in [9.17, 15) is 4.79 Å². The van der Waals surface area contributed by atoms with E-state index in [4.69, 9.17) is 0 Å². The first kappa shape index (κ1) is 15.8. The highest BCUT2D eigenvalue weighted by atomic mass is 16.1. The second-order valence-electron chi connectivity index (χ2n) is 5.97. The second kappa shape index (κ2) is 7.43. The van der Waals surface area contributed by atoms with Crippen molar-refractivity contribution in [3.8, 4) is 0 Å². The monoisotopic (exact) mass is 289 g/mol. The van der Waals surface area contributed by atoms with Gasteiger partial charge in [0.25, 0.3) is 5.91 Å². The van der Waals surface area contributed by atoms with Crippen LogP contribution in [-0.2, 0) is 6.42 Å². The first-order valence-corrected chi connectivity index (χ1v) is 8.19. The van der Waals surface area contributed by atoms with Crippen molar-refractivity contribution in [3.63, 3.8) is 0 Å². The largest absolute Gasteiger partial charge is 0.370 e. The second-order valence-corrected chi connectivity index (χ2v) is 5.97. The third-order valence-electron chi connectivity index (χ3n) is 4.22. The number of amides is 1. The highest BCUT2D eigenvalue weighted by molar-refractivity contribution is 5.95. The Morgan fingerprint density at radius 1 is 1.38 bits per heavy atom. The molecule has 0 aromatic carbocycles. The summed E-state index contributed by atoms with van der Waals surface area (Å²) in [6.45, 7) is 7.08. The van der Waals surface area contributed by atoms with Gasteiger partial charge in [0, 0.05) is 23.8 Å². The number of hydrogen-bond acceptors (Lipinski definition) is 3. The predicted molar refractivity (Wildman–Crippen MR) is 86.7 cm³/mol. The highest BCUT2D eigenvalue weighted by Crippen LogP contribution is 2.29. The lowest BCUT2D eigenvalue weighted by Crippen LogP contribution is -2.40. The van der Waals surface area contributed by atoms with E-state index in [-0.39, 0.29) is 11.9 Å². The summed E-state index contributed by atoms with van der Waals surface area (Å²) < 4.78 is 0. The molecule has 4 nitrogen and oxygen atoms in total. The molecule has 0 saturated heterocycles. The van der Waals surface area contributed by atoms with Crippen molar-refractivity contribution in [2.24, 2.45) is 5.92 Å². The van der Waals surface area contributed by atoms with Crippen LogP contribution in [0.4, 0.5) is 5.82 Å². The van der Waals surface area contributed by atoms with Crippen LogP contribution in [0.2, 0.25) is 0 Å². The van der Waals surface area contributed by atoms with Gasteiger partial charge in [-0.15, -0.1) is 0 Å². The van der Waals surface area contributed by atoms with Gasteiger partial charge in [0.05, 0.1) is 0 Å². The number of pyridine rings is 1. The average Bonchev–Trinajstić information content (AvgIpc) is 2.37. The van der Waals surface area contributed by atoms with Crippen LogP contribution < -0.4 is 10.6 Å². The fraction of sp³-hybridized carbons (Fsp3) is 0.647. The Balaban J connectivity index is 2.10. The zero-order valence-corrected chi connectivity index (χ0v) is 13.4. The Morgan fingerprint density at radius 3 is 2.71 bits per heavy atom. The predicted octanol–water partition coefficient (Wildman–Crippen LogP) is 3.38. The number of nitrogens with zero attached hydrogens (tertiary/aromatic N) is 1. The van der Waals surface area contributed by atoms with Gasteiger partial charge in [0.2, 0.25) is 0 Å². The van der Waals surface area contributed by atoms with E-state index in [0.717, 1.165) is 36.5 Å². The van der Waals surface area contributed by atoms with E-state index < -0.39 is 0 Å². The van der Waals surface area contributed by atoms with Crippen molar-refractivity contribution in [2.45, 2.75) is 58.9 Å². The number of carbonyl (C=O) groups excluding carboxylic acids is 1. The van der Waals surface area contributed by atoms with Gasteiger partial charge in [-0.25, -0.2) is 4.98 Å². The molecule has 1 aromatic heterocycles. The lowest BCUT2D eigenvalue weighted by Gasteiger charge is -2.31. The quantitative estimate of drug-likeness (QED) is 0.809. The van der Waals surface area contributed by atoms with Crippen LogP contribution in [0, 0.1) is 5.92 Å². The van der Waals surface area contributed by atoms with E-state index in [0.29, 0.717) is 5.92 Å². The SMILES string of the molecule is CCCc1cc(C(=O)NC(C)C2CCC2)cc(NCC)n1. The number of hydrogen-bond donors (Lipinski definition) is 2. The van der Waals surface area contributed by atoms with Crippen molar-refractivity contribution in [1.82, 2.24) is 10.3 Å². The summed E-state index contributed by atoms with van der Waals surface area (Å²) in [5.74, 6) is 1.47. The van der Waals surface area contributed by atoms with Gasteiger partial charge in [0.1, 0.15) is 5.82 Å². The van der Waals surface area contributed by atoms with Gasteiger partial charge in [-0.05, 0) is 51.2 Å². The number of rotatable bonds is 7. The van der Waals surface area contributed by atoms with Gasteiger partial charge >= 0.3 is 0 Å². The summed E-state index contributed by atoms with van der Waals surface area (Å²) in [5, 5.41) is 6.35. The molecule has 21 heavy (non-hydrogen) atoms. The van der Waals surface area contributed by atoms with Crippen molar-refractivity contribution < 1.29 is 4.79 Å². The average molecular weight is 289 g/mol. The Morgan fingerprint density at radius 2 is 2.14 bits per heavy atom. The summed E-state index contributed by atoms with van der Waals surface area (Å²) in [4.78, 5) is 17.0. The Labute approximate surface area is 127 Å². The summed E-state index contributed by atoms with van der Waals surface area (Å²) in [6.07, 6.45) is 5.70. The van der Waals surface area contributed by atoms with Gasteiger partial charge < -0.3 is 10.6 Å². The highest BCUT2D eigenvalue weighted by Gasteiger charge is 2.25. The normalized spacial score (nSPS) is 16.1. The molecule has 2 rings (SSSR count). The molecule has 1 aliphatic carbocycles. The van der Waals surface area contributed by atoms with Crippen LogP contribution in [0.25, 0.3) is 0 Å². The molecule has 1 atom stereocenters. The lowest BCUT2D eigenvalue weighted by molar-refractivity contribution is 0.0909. The van der Waals surface area contributed by atoms with E-state index in [2.05, 4.69) is 29.5 Å². The molecule has 1 aromatic rings. The summed E-state index contributed by atoms with van der Waals surface area (Å²) in [5.41, 5.74) is 1.70. The molecule has 116 valence electrons. The molecule has 1 aliphatic rings. The molecule has 0 aliphatic heterocycles. The smallest absolute Gasteiger partial charge is 0.251 e. The van der Waals surface area contributed by atoms with Crippen molar-refractivity contribution in [3.05, 3.63) is 23.4 Å². The summed E-state index contributed by atoms with van der Waals surface area (Å²) in [7, 11) is 0. The molecule has 0 bridgehead atoms. The molecule has 2 N–H and O–H groups in total. The molecular weight excluding hydrogens is 262 g/mol. The van der Waals surface area contributed by atoms with Gasteiger partial charge in [-0.2, -0.15) is 0 Å². The van der Waals surface area contributed by atoms with Crippen LogP contribution in [-0.4, -0.2) is 23.5 Å². The molecule has 1 saturated carbocycles. The first-order chi connectivity index (χ1) is 10.1. The minimum atomic E-state index is 0.0216. The third kappa shape index (κ3) is 4.19. The van der Waals surface area contributed by atoms with E-state index >= 15 is 0 Å². The van der Waals surface area contributed by atoms with Gasteiger partial charge in [-0.3, -0.25) is 4.79 Å². The molecule has 1 unspecified atom stereocenters. The Kier molecular flexibility index (Phi) is 5.59. The Hall–Kier alpha value is -1.58. The first-order valence-electron chi connectivity index (χ1n) is 8.19. The summed E-state index contributed by atoms with van der Waals surface area (Å²) in [6, 6.07) is 4.04. The molecule has 0 radical (unpaired) electrons. The van der Waals surface area contributed by atoms with E-state index in [1.807, 2.05) is 19.1 Å². The maximum absolute atomic E-state index is 12.4.